The van der Waals surface area contributed by atoms with Crippen LogP contribution >= 0.6 is 0 Å². The lowest BCUT2D eigenvalue weighted by Gasteiger charge is -2.25. The minimum Gasteiger partial charge on any atom is -0.368 e. The van der Waals surface area contributed by atoms with Crippen molar-refractivity contribution in [3.05, 3.63) is 0 Å². The Morgan fingerprint density at radius 2 is 2.08 bits per heavy atom. The number of nitrogens with one attached hydrogen (secondary N) is 1. The lowest BCUT2D eigenvalue weighted by Crippen LogP contribution is -2.45. The van der Waals surface area contributed by atoms with Crippen LogP contribution in [0.15, 0.2) is 0 Å². The molecule has 12 heavy (non-hydrogen) atoms. The number of carbonyl (C=O) groups is 2. The van der Waals surface area contributed by atoms with Crippen LogP contribution in [0.4, 0.5) is 0 Å². The number of hydrogen-bond donors (Lipinski definition) is 2. The number of rotatable bonds is 3. The molecule has 0 heterocycles. The average Bonchev–Trinajstić information content (AvgIpc) is 1.82. The van der Waals surface area contributed by atoms with Gasteiger partial charge in [0.05, 0.1) is 0 Å². The van der Waals surface area contributed by atoms with Crippen molar-refractivity contribution in [3.8, 4) is 0 Å². The quantitative estimate of drug-likeness (QED) is 0.614. The highest BCUT2D eigenvalue weighted by Crippen LogP contribution is 2.26. The molecule has 0 aromatic rings. The number of amides is 2. The summed E-state index contributed by atoms with van der Waals surface area (Å²) in [6.07, 6.45) is 3.00. The summed E-state index contributed by atoms with van der Waals surface area (Å²) in [5.74, 6) is -0.401. The normalized spacial score (nSPS) is 19.4. The van der Waals surface area contributed by atoms with Crippen molar-refractivity contribution in [1.29, 1.82) is 0 Å². The van der Waals surface area contributed by atoms with Crippen molar-refractivity contribution in [3.63, 3.8) is 0 Å². The molecule has 0 bridgehead atoms. The lowest BCUT2D eigenvalue weighted by atomic mass is 9.84. The van der Waals surface area contributed by atoms with Gasteiger partial charge in [-0.05, 0) is 19.8 Å². The van der Waals surface area contributed by atoms with Gasteiger partial charge in [-0.1, -0.05) is 6.42 Å². The van der Waals surface area contributed by atoms with E-state index >= 15 is 0 Å². The van der Waals surface area contributed by atoms with Gasteiger partial charge in [0.15, 0.2) is 0 Å². The van der Waals surface area contributed by atoms with Crippen molar-refractivity contribution in [1.82, 2.24) is 5.32 Å². The van der Waals surface area contributed by atoms with Gasteiger partial charge >= 0.3 is 0 Å². The fraction of sp³-hybridized carbons (Fsp3) is 0.750. The summed E-state index contributed by atoms with van der Waals surface area (Å²) in [6, 6.07) is -0.543. The molecule has 0 unspecified atom stereocenters. The third-order valence-electron chi connectivity index (χ3n) is 2.26. The second-order valence-electron chi connectivity index (χ2n) is 3.26. The Bertz CT molecular complexity index is 199. The Hall–Kier alpha value is -1.06. The van der Waals surface area contributed by atoms with Gasteiger partial charge in [-0.25, -0.2) is 0 Å². The zero-order valence-corrected chi connectivity index (χ0v) is 7.17. The first-order valence-corrected chi connectivity index (χ1v) is 4.21. The Morgan fingerprint density at radius 3 is 2.42 bits per heavy atom. The van der Waals surface area contributed by atoms with Crippen LogP contribution in [0, 0.1) is 5.92 Å². The molecule has 4 heteroatoms. The molecule has 0 aromatic carbocycles. The Morgan fingerprint density at radius 1 is 1.50 bits per heavy atom. The van der Waals surface area contributed by atoms with Gasteiger partial charge < -0.3 is 11.1 Å². The maximum absolute atomic E-state index is 11.2. The van der Waals surface area contributed by atoms with Crippen molar-refractivity contribution < 1.29 is 9.59 Å². The molecule has 0 spiro atoms. The topological polar surface area (TPSA) is 72.2 Å². The molecule has 1 fully saturated rings. The largest absolute Gasteiger partial charge is 0.368 e. The summed E-state index contributed by atoms with van der Waals surface area (Å²) in [5, 5.41) is 2.57. The highest BCUT2D eigenvalue weighted by molar-refractivity contribution is 5.87. The molecule has 2 amide bonds. The van der Waals surface area contributed by atoms with Crippen LogP contribution in [0.5, 0.6) is 0 Å². The fourth-order valence-electron chi connectivity index (χ4n) is 1.07. The third kappa shape index (κ3) is 1.96. The van der Waals surface area contributed by atoms with Crippen LogP contribution in [-0.2, 0) is 9.59 Å². The van der Waals surface area contributed by atoms with Crippen LogP contribution in [0.2, 0.25) is 0 Å². The smallest absolute Gasteiger partial charge is 0.239 e. The van der Waals surface area contributed by atoms with E-state index in [9.17, 15) is 9.59 Å². The van der Waals surface area contributed by atoms with Crippen molar-refractivity contribution in [2.24, 2.45) is 11.7 Å². The minimum atomic E-state index is -0.543. The molecule has 0 aliphatic heterocycles. The van der Waals surface area contributed by atoms with E-state index in [0.29, 0.717) is 0 Å². The Balaban J connectivity index is 2.29. The monoisotopic (exact) mass is 170 g/mol. The summed E-state index contributed by atoms with van der Waals surface area (Å²) >= 11 is 0. The highest BCUT2D eigenvalue weighted by atomic mass is 16.2. The molecule has 1 atom stereocenters. The molecule has 1 saturated carbocycles. The number of carbonyl (C=O) groups excluding carboxylic acids is 2. The molecule has 68 valence electrons. The molecule has 1 rings (SSSR count). The van der Waals surface area contributed by atoms with Gasteiger partial charge in [0.25, 0.3) is 0 Å². The highest BCUT2D eigenvalue weighted by Gasteiger charge is 2.26. The number of hydrogen-bond acceptors (Lipinski definition) is 2. The molecular weight excluding hydrogens is 156 g/mol. The Kier molecular flexibility index (Phi) is 2.68. The first-order chi connectivity index (χ1) is 5.61. The second-order valence-corrected chi connectivity index (χ2v) is 3.26. The molecule has 0 radical (unpaired) electrons. The van der Waals surface area contributed by atoms with Gasteiger partial charge in [0.2, 0.25) is 11.8 Å². The van der Waals surface area contributed by atoms with Crippen LogP contribution in [-0.4, -0.2) is 17.9 Å². The first kappa shape index (κ1) is 9.03. The zero-order valence-electron chi connectivity index (χ0n) is 7.17. The van der Waals surface area contributed by atoms with E-state index in [1.807, 2.05) is 0 Å². The molecule has 1 aliphatic rings. The van der Waals surface area contributed by atoms with E-state index in [4.69, 9.17) is 5.73 Å². The SMILES string of the molecule is C[C@@H](NC(=O)C1CCC1)C(N)=O. The van der Waals surface area contributed by atoms with Gasteiger partial charge in [-0.2, -0.15) is 0 Å². The Labute approximate surface area is 71.5 Å². The van der Waals surface area contributed by atoms with Gasteiger partial charge in [-0.3, -0.25) is 9.59 Å². The van der Waals surface area contributed by atoms with Crippen molar-refractivity contribution in [2.75, 3.05) is 0 Å². The molecule has 1 aliphatic carbocycles. The molecule has 0 aromatic heterocycles. The predicted octanol–water partition coefficient (Wildman–Crippen LogP) is -0.223. The molecule has 0 saturated heterocycles. The summed E-state index contributed by atoms with van der Waals surface area (Å²) in [6.45, 7) is 1.60. The summed E-state index contributed by atoms with van der Waals surface area (Å²) in [4.78, 5) is 21.8. The number of nitrogens with two attached hydrogens (primary N) is 1. The van der Waals surface area contributed by atoms with Crippen LogP contribution in [0.3, 0.4) is 0 Å². The summed E-state index contributed by atoms with van der Waals surface area (Å²) < 4.78 is 0. The summed E-state index contributed by atoms with van der Waals surface area (Å²) in [5.41, 5.74) is 4.99. The second kappa shape index (κ2) is 3.56. The van der Waals surface area contributed by atoms with Crippen LogP contribution in [0.1, 0.15) is 26.2 Å². The molecular formula is C8H14N2O2. The van der Waals surface area contributed by atoms with Gasteiger partial charge in [-0.15, -0.1) is 0 Å². The molecule has 4 nitrogen and oxygen atoms in total. The van der Waals surface area contributed by atoms with E-state index in [1.165, 1.54) is 0 Å². The predicted molar refractivity (Wildman–Crippen MR) is 44.1 cm³/mol. The van der Waals surface area contributed by atoms with Gasteiger partial charge in [0.1, 0.15) is 6.04 Å². The van der Waals surface area contributed by atoms with Crippen molar-refractivity contribution in [2.45, 2.75) is 32.2 Å². The number of primary amides is 1. The standard InChI is InChI=1S/C8H14N2O2/c1-5(7(9)11)10-8(12)6-3-2-4-6/h5-6H,2-4H2,1H3,(H2,9,11)(H,10,12)/t5-/m1/s1. The van der Waals surface area contributed by atoms with E-state index in [-0.39, 0.29) is 11.8 Å². The van der Waals surface area contributed by atoms with E-state index in [0.717, 1.165) is 19.3 Å². The maximum atomic E-state index is 11.2. The summed E-state index contributed by atoms with van der Waals surface area (Å²) in [7, 11) is 0. The molecule has 3 N–H and O–H groups in total. The van der Waals surface area contributed by atoms with Crippen LogP contribution in [0.25, 0.3) is 0 Å². The van der Waals surface area contributed by atoms with Crippen LogP contribution < -0.4 is 11.1 Å². The van der Waals surface area contributed by atoms with Crippen molar-refractivity contribution >= 4 is 11.8 Å². The van der Waals surface area contributed by atoms with E-state index < -0.39 is 11.9 Å². The van der Waals surface area contributed by atoms with E-state index in [1.54, 1.807) is 6.92 Å². The first-order valence-electron chi connectivity index (χ1n) is 4.21. The zero-order chi connectivity index (χ0) is 9.14. The van der Waals surface area contributed by atoms with Gasteiger partial charge in [0, 0.05) is 5.92 Å². The van der Waals surface area contributed by atoms with E-state index in [2.05, 4.69) is 5.32 Å². The average molecular weight is 170 g/mol. The lowest BCUT2D eigenvalue weighted by molar-refractivity contribution is -0.131. The third-order valence-corrected chi connectivity index (χ3v) is 2.26. The minimum absolute atomic E-state index is 0.0347. The fourth-order valence-corrected chi connectivity index (χ4v) is 1.07. The maximum Gasteiger partial charge on any atom is 0.239 e.